The molecule has 2 aromatic carbocycles. The number of imidazole rings is 1. The summed E-state index contributed by atoms with van der Waals surface area (Å²) in [6.07, 6.45) is 0. The van der Waals surface area contributed by atoms with Gasteiger partial charge >= 0.3 is 16.3 Å². The molecule has 4 rings (SSSR count). The van der Waals surface area contributed by atoms with Gasteiger partial charge in [0.05, 0.1) is 22.4 Å². The number of phenolic OH excluding ortho intramolecular Hbond substituents is 1. The van der Waals surface area contributed by atoms with Gasteiger partial charge in [-0.2, -0.15) is 0 Å². The molecule has 0 atom stereocenters. The molecule has 13 heteroatoms. The lowest BCUT2D eigenvalue weighted by molar-refractivity contribution is 0.477. The first-order valence-electron chi connectivity index (χ1n) is 8.27. The molecule has 12 nitrogen and oxygen atoms in total. The zero-order chi connectivity index (χ0) is 21.8. The number of benzene rings is 2. The average molecular weight is 430 g/mol. The van der Waals surface area contributed by atoms with Crippen molar-refractivity contribution in [3.8, 4) is 11.4 Å². The van der Waals surface area contributed by atoms with Crippen molar-refractivity contribution in [3.05, 3.63) is 69.0 Å². The minimum absolute atomic E-state index is 0.135. The molecule has 0 bridgehead atoms. The van der Waals surface area contributed by atoms with Gasteiger partial charge in [-0.3, -0.25) is 9.89 Å². The van der Waals surface area contributed by atoms with Crippen LogP contribution in [0.3, 0.4) is 0 Å². The van der Waals surface area contributed by atoms with Crippen molar-refractivity contribution in [1.29, 1.82) is 0 Å². The number of para-hydroxylation sites is 1. The number of azo groups is 1. The largest absolute Gasteiger partial charge is 0.506 e. The zero-order valence-electron chi connectivity index (χ0n) is 15.3. The van der Waals surface area contributed by atoms with Gasteiger partial charge in [0.25, 0.3) is 5.56 Å². The second kappa shape index (κ2) is 8.40. The third-order valence-electron chi connectivity index (χ3n) is 3.92. The highest BCUT2D eigenvalue weighted by Crippen LogP contribution is 2.31. The summed E-state index contributed by atoms with van der Waals surface area (Å²) >= 11 is 0. The zero-order valence-corrected chi connectivity index (χ0v) is 16.1. The van der Waals surface area contributed by atoms with Crippen LogP contribution >= 0.6 is 0 Å². The Bertz CT molecular complexity index is 1450. The average Bonchev–Trinajstić information content (AvgIpc) is 3.18. The van der Waals surface area contributed by atoms with Gasteiger partial charge in [-0.25, -0.2) is 9.48 Å². The summed E-state index contributed by atoms with van der Waals surface area (Å²) in [6.45, 7) is 1.71. The van der Waals surface area contributed by atoms with Crippen molar-refractivity contribution < 1.29 is 17.7 Å². The first kappa shape index (κ1) is 20.5. The molecule has 4 N–H and O–H groups in total. The Hall–Kier alpha value is -4.26. The first-order chi connectivity index (χ1) is 14.3. The van der Waals surface area contributed by atoms with E-state index in [4.69, 9.17) is 12.6 Å². The number of aromatic hydroxyl groups is 1. The Morgan fingerprint density at radius 1 is 0.967 bits per heavy atom. The Balaban J connectivity index is 0.000000589. The molecule has 0 radical (unpaired) electrons. The van der Waals surface area contributed by atoms with Crippen molar-refractivity contribution in [2.75, 3.05) is 0 Å². The van der Waals surface area contributed by atoms with Crippen molar-refractivity contribution in [2.24, 2.45) is 10.2 Å². The smallest absolute Gasteiger partial charge is 0.425 e. The maximum absolute atomic E-state index is 12.6. The summed E-state index contributed by atoms with van der Waals surface area (Å²) in [5, 5.41) is 20.9. The Labute approximate surface area is 168 Å². The number of aryl methyl sites for hydroxylation is 1. The van der Waals surface area contributed by atoms with E-state index in [1.807, 2.05) is 18.2 Å². The van der Waals surface area contributed by atoms with Gasteiger partial charge in [0.1, 0.15) is 11.4 Å². The molecular formula is C17H14N6O6S. The van der Waals surface area contributed by atoms with Crippen molar-refractivity contribution in [2.45, 2.75) is 6.92 Å². The highest BCUT2D eigenvalue weighted by atomic mass is 32.2. The summed E-state index contributed by atoms with van der Waals surface area (Å²) in [5.41, 5.74) is 1.68. The number of hydrogen-bond donors (Lipinski definition) is 4. The third-order valence-corrected chi connectivity index (χ3v) is 3.92. The van der Waals surface area contributed by atoms with Gasteiger partial charge < -0.3 is 15.1 Å². The van der Waals surface area contributed by atoms with E-state index in [2.05, 4.69) is 25.3 Å². The lowest BCUT2D eigenvalue weighted by Crippen LogP contribution is -2.13. The second-order valence-corrected chi connectivity index (χ2v) is 6.34. The van der Waals surface area contributed by atoms with E-state index in [1.165, 1.54) is 16.8 Å². The molecular weight excluding hydrogens is 416 g/mol. The molecule has 4 aromatic rings. The summed E-state index contributed by atoms with van der Waals surface area (Å²) in [7, 11) is -3.11. The topological polar surface area (TPSA) is 183 Å². The van der Waals surface area contributed by atoms with E-state index in [-0.39, 0.29) is 28.4 Å². The minimum Gasteiger partial charge on any atom is -0.506 e. The molecule has 0 aliphatic rings. The summed E-state index contributed by atoms with van der Waals surface area (Å²) < 4.78 is 26.7. The van der Waals surface area contributed by atoms with Crippen molar-refractivity contribution in [1.82, 2.24) is 19.7 Å². The van der Waals surface area contributed by atoms with Crippen LogP contribution in [-0.2, 0) is 10.6 Å². The van der Waals surface area contributed by atoms with Crippen LogP contribution in [0.1, 0.15) is 5.69 Å². The van der Waals surface area contributed by atoms with Crippen LogP contribution in [0.25, 0.3) is 16.7 Å². The van der Waals surface area contributed by atoms with Crippen LogP contribution in [-0.4, -0.2) is 37.5 Å². The van der Waals surface area contributed by atoms with Crippen LogP contribution in [0, 0.1) is 6.92 Å². The lowest BCUT2D eigenvalue weighted by atomic mass is 10.2. The molecule has 0 saturated carbocycles. The monoisotopic (exact) mass is 430 g/mol. The van der Waals surface area contributed by atoms with Crippen LogP contribution in [0.5, 0.6) is 5.75 Å². The third kappa shape index (κ3) is 4.41. The molecule has 0 amide bonds. The van der Waals surface area contributed by atoms with Crippen LogP contribution in [0.4, 0.5) is 11.4 Å². The molecule has 0 saturated heterocycles. The molecule has 2 aromatic heterocycles. The van der Waals surface area contributed by atoms with E-state index in [0.29, 0.717) is 22.4 Å². The number of fused-ring (bicyclic) bond motifs is 1. The second-order valence-electron chi connectivity index (χ2n) is 5.93. The fourth-order valence-corrected chi connectivity index (χ4v) is 2.66. The van der Waals surface area contributed by atoms with E-state index in [0.717, 1.165) is 0 Å². The highest BCUT2D eigenvalue weighted by molar-refractivity contribution is 7.59. The van der Waals surface area contributed by atoms with Gasteiger partial charge in [-0.1, -0.05) is 18.2 Å². The number of nitrogens with one attached hydrogen (secondary N) is 3. The molecule has 154 valence electrons. The van der Waals surface area contributed by atoms with E-state index in [9.17, 15) is 14.7 Å². The molecule has 0 fully saturated rings. The van der Waals surface area contributed by atoms with Crippen molar-refractivity contribution in [3.63, 3.8) is 0 Å². The molecule has 0 aliphatic heterocycles. The normalized spacial score (nSPS) is 10.8. The number of nitrogens with zero attached hydrogens (tertiary/aromatic N) is 3. The van der Waals surface area contributed by atoms with E-state index >= 15 is 0 Å². The molecule has 0 unspecified atom stereocenters. The predicted molar refractivity (Wildman–Crippen MR) is 106 cm³/mol. The molecule has 2 heterocycles. The number of hydrogen-bond acceptors (Lipinski definition) is 8. The number of rotatable bonds is 3. The quantitative estimate of drug-likeness (QED) is 0.359. The van der Waals surface area contributed by atoms with Gasteiger partial charge in [-0.05, 0) is 25.1 Å². The first-order valence-corrected chi connectivity index (χ1v) is 9.27. The standard InChI is InChI=1S/C17H14N6O3.O3S/c1-9-15(16(25)23(22-9)10-5-3-2-4-6-10)21-20-13-7-11-12(8-14(13)24)19-17(26)18-11;1-4(2)3/h2-8,22,24H,1H3,(H2,18,19,26);. The van der Waals surface area contributed by atoms with Gasteiger partial charge in [0.2, 0.25) is 0 Å². The SMILES string of the molecule is Cc1[nH]n(-c2ccccc2)c(=O)c1N=Nc1cc2[nH]c(=O)[nH]c2cc1O.O=S(=O)=O. The van der Waals surface area contributed by atoms with E-state index < -0.39 is 10.6 Å². The van der Waals surface area contributed by atoms with Crippen LogP contribution < -0.4 is 11.2 Å². The Kier molecular flexibility index (Phi) is 5.73. The van der Waals surface area contributed by atoms with E-state index in [1.54, 1.807) is 19.1 Å². The van der Waals surface area contributed by atoms with Gasteiger partial charge in [0.15, 0.2) is 5.69 Å². The predicted octanol–water partition coefficient (Wildman–Crippen LogP) is 1.76. The maximum atomic E-state index is 12.6. The maximum Gasteiger partial charge on any atom is 0.425 e. The number of aromatic amines is 3. The lowest BCUT2D eigenvalue weighted by Gasteiger charge is -1.99. The summed E-state index contributed by atoms with van der Waals surface area (Å²) in [6, 6.07) is 11.9. The number of phenols is 1. The summed E-state index contributed by atoms with van der Waals surface area (Å²) in [4.78, 5) is 29.0. The Morgan fingerprint density at radius 3 is 2.20 bits per heavy atom. The minimum atomic E-state index is -3.11. The Morgan fingerprint density at radius 2 is 1.57 bits per heavy atom. The van der Waals surface area contributed by atoms with Crippen LogP contribution in [0.15, 0.2) is 62.3 Å². The number of aromatic nitrogens is 4. The fraction of sp³-hybridized carbons (Fsp3) is 0.0588. The molecule has 0 aliphatic carbocycles. The fourth-order valence-electron chi connectivity index (χ4n) is 2.66. The molecule has 0 spiro atoms. The van der Waals surface area contributed by atoms with Crippen LogP contribution in [0.2, 0.25) is 0 Å². The van der Waals surface area contributed by atoms with Crippen molar-refractivity contribution >= 4 is 33.0 Å². The highest BCUT2D eigenvalue weighted by Gasteiger charge is 2.12. The van der Waals surface area contributed by atoms with Gasteiger partial charge in [0, 0.05) is 6.07 Å². The summed E-state index contributed by atoms with van der Waals surface area (Å²) in [5.74, 6) is -0.159. The van der Waals surface area contributed by atoms with Gasteiger partial charge in [-0.15, -0.1) is 22.9 Å². The number of H-pyrrole nitrogens is 3. The molecule has 30 heavy (non-hydrogen) atoms.